The van der Waals surface area contributed by atoms with Crippen LogP contribution in [0.1, 0.15) is 11.3 Å². The molecule has 0 amide bonds. The highest BCUT2D eigenvalue weighted by Crippen LogP contribution is 2.20. The molecule has 0 saturated heterocycles. The van der Waals surface area contributed by atoms with Crippen LogP contribution >= 0.6 is 0 Å². The van der Waals surface area contributed by atoms with Crippen molar-refractivity contribution in [2.75, 3.05) is 12.8 Å². The van der Waals surface area contributed by atoms with Gasteiger partial charge < -0.3 is 10.5 Å². The van der Waals surface area contributed by atoms with Crippen molar-refractivity contribution in [1.82, 2.24) is 14.8 Å². The second-order valence-corrected chi connectivity index (χ2v) is 3.55. The van der Waals surface area contributed by atoms with Crippen molar-refractivity contribution in [2.24, 2.45) is 7.05 Å². The zero-order valence-corrected chi connectivity index (χ0v) is 9.34. The van der Waals surface area contributed by atoms with Gasteiger partial charge >= 0.3 is 0 Å². The Balaban J connectivity index is 2.29. The lowest BCUT2D eigenvalue weighted by atomic mass is 10.1. The van der Waals surface area contributed by atoms with Crippen LogP contribution in [-0.2, 0) is 13.5 Å². The average molecular weight is 218 g/mol. The first-order valence-corrected chi connectivity index (χ1v) is 4.96. The number of hydrogen-bond donors (Lipinski definition) is 1. The summed E-state index contributed by atoms with van der Waals surface area (Å²) in [5.74, 6) is 1.32. The van der Waals surface area contributed by atoms with Crippen molar-refractivity contribution < 1.29 is 4.74 Å². The highest BCUT2D eigenvalue weighted by molar-refractivity contribution is 5.36. The second kappa shape index (κ2) is 4.22. The summed E-state index contributed by atoms with van der Waals surface area (Å²) in [5.41, 5.74) is 7.74. The normalized spacial score (nSPS) is 10.4. The van der Waals surface area contributed by atoms with E-state index in [9.17, 15) is 0 Å². The molecule has 0 atom stereocenters. The third-order valence-electron chi connectivity index (χ3n) is 2.46. The minimum Gasteiger partial charge on any atom is -0.493 e. The van der Waals surface area contributed by atoms with Crippen molar-refractivity contribution in [3.8, 4) is 5.75 Å². The molecule has 2 aromatic rings. The first kappa shape index (κ1) is 10.5. The van der Waals surface area contributed by atoms with Crippen LogP contribution in [0.3, 0.4) is 0 Å². The molecule has 16 heavy (non-hydrogen) atoms. The number of aryl methyl sites for hydroxylation is 1. The van der Waals surface area contributed by atoms with Gasteiger partial charge in [-0.05, 0) is 17.7 Å². The summed E-state index contributed by atoms with van der Waals surface area (Å²) >= 11 is 0. The molecule has 0 aliphatic carbocycles. The van der Waals surface area contributed by atoms with Gasteiger partial charge in [-0.1, -0.05) is 0 Å². The zero-order valence-electron chi connectivity index (χ0n) is 9.34. The lowest BCUT2D eigenvalue weighted by Gasteiger charge is -2.05. The third-order valence-corrected chi connectivity index (χ3v) is 2.46. The van der Waals surface area contributed by atoms with Gasteiger partial charge in [-0.3, -0.25) is 4.68 Å². The number of anilines is 1. The Morgan fingerprint density at radius 1 is 1.50 bits per heavy atom. The van der Waals surface area contributed by atoms with E-state index in [4.69, 9.17) is 10.5 Å². The highest BCUT2D eigenvalue weighted by atomic mass is 16.5. The lowest BCUT2D eigenvalue weighted by molar-refractivity contribution is 0.409. The van der Waals surface area contributed by atoms with Gasteiger partial charge in [-0.15, -0.1) is 0 Å². The molecule has 0 aliphatic rings. The minimum absolute atomic E-state index is 0.527. The van der Waals surface area contributed by atoms with Crippen LogP contribution in [0.15, 0.2) is 24.5 Å². The van der Waals surface area contributed by atoms with E-state index in [0.717, 1.165) is 23.4 Å². The molecule has 2 heterocycles. The number of aromatic nitrogens is 3. The van der Waals surface area contributed by atoms with E-state index < -0.39 is 0 Å². The first-order valence-electron chi connectivity index (χ1n) is 4.96. The van der Waals surface area contributed by atoms with Crippen molar-refractivity contribution in [1.29, 1.82) is 0 Å². The Bertz CT molecular complexity index is 492. The van der Waals surface area contributed by atoms with Crippen molar-refractivity contribution >= 4 is 5.82 Å². The summed E-state index contributed by atoms with van der Waals surface area (Å²) in [5, 5.41) is 4.15. The highest BCUT2D eigenvalue weighted by Gasteiger charge is 2.09. The number of methoxy groups -OCH3 is 1. The quantitative estimate of drug-likeness (QED) is 0.834. The van der Waals surface area contributed by atoms with Gasteiger partial charge in [-0.25, -0.2) is 4.98 Å². The maximum Gasteiger partial charge on any atom is 0.160 e. The fraction of sp³-hybridized carbons (Fsp3) is 0.273. The van der Waals surface area contributed by atoms with Crippen molar-refractivity contribution in [3.05, 3.63) is 35.8 Å². The van der Waals surface area contributed by atoms with E-state index in [0.29, 0.717) is 5.82 Å². The van der Waals surface area contributed by atoms with Gasteiger partial charge in [0.05, 0.1) is 19.0 Å². The molecular formula is C11H14N4O. The Hall–Kier alpha value is -2.04. The SMILES string of the molecule is COc1cnn(C)c1Cc1ccnc(N)c1. The molecule has 0 fully saturated rings. The van der Waals surface area contributed by atoms with E-state index in [1.807, 2.05) is 19.2 Å². The smallest absolute Gasteiger partial charge is 0.160 e. The van der Waals surface area contributed by atoms with Gasteiger partial charge in [0, 0.05) is 19.7 Å². The Morgan fingerprint density at radius 2 is 2.31 bits per heavy atom. The van der Waals surface area contributed by atoms with Gasteiger partial charge in [0.25, 0.3) is 0 Å². The molecule has 0 unspecified atom stereocenters. The largest absolute Gasteiger partial charge is 0.493 e. The molecule has 0 bridgehead atoms. The van der Waals surface area contributed by atoms with Crippen LogP contribution in [0.4, 0.5) is 5.82 Å². The summed E-state index contributed by atoms with van der Waals surface area (Å²) in [7, 11) is 3.53. The zero-order chi connectivity index (χ0) is 11.5. The van der Waals surface area contributed by atoms with Gasteiger partial charge in [-0.2, -0.15) is 5.10 Å². The fourth-order valence-corrected chi connectivity index (χ4v) is 1.61. The number of hydrogen-bond acceptors (Lipinski definition) is 4. The standard InChI is InChI=1S/C11H14N4O/c1-15-9(10(16-2)7-14-15)5-8-3-4-13-11(12)6-8/h3-4,6-7H,5H2,1-2H3,(H2,12,13). The van der Waals surface area contributed by atoms with Crippen molar-refractivity contribution in [3.63, 3.8) is 0 Å². The van der Waals surface area contributed by atoms with Gasteiger partial charge in [0.15, 0.2) is 5.75 Å². The molecule has 0 aliphatic heterocycles. The van der Waals surface area contributed by atoms with Gasteiger partial charge in [0.1, 0.15) is 5.82 Å². The molecule has 2 aromatic heterocycles. The summed E-state index contributed by atoms with van der Waals surface area (Å²) in [6.07, 6.45) is 4.14. The second-order valence-electron chi connectivity index (χ2n) is 3.55. The Labute approximate surface area is 93.9 Å². The first-order chi connectivity index (χ1) is 7.70. The molecule has 84 valence electrons. The minimum atomic E-state index is 0.527. The summed E-state index contributed by atoms with van der Waals surface area (Å²) in [6, 6.07) is 3.79. The number of nitrogens with zero attached hydrogens (tertiary/aromatic N) is 3. The maximum atomic E-state index is 5.63. The molecule has 2 rings (SSSR count). The monoisotopic (exact) mass is 218 g/mol. The Kier molecular flexibility index (Phi) is 2.76. The van der Waals surface area contributed by atoms with E-state index in [1.165, 1.54) is 0 Å². The van der Waals surface area contributed by atoms with Crippen LogP contribution in [0.5, 0.6) is 5.75 Å². The van der Waals surface area contributed by atoms with Gasteiger partial charge in [0.2, 0.25) is 0 Å². The van der Waals surface area contributed by atoms with E-state index in [2.05, 4.69) is 10.1 Å². The van der Waals surface area contributed by atoms with Crippen LogP contribution in [0.2, 0.25) is 0 Å². The summed E-state index contributed by atoms with van der Waals surface area (Å²) in [4.78, 5) is 3.96. The van der Waals surface area contributed by atoms with Crippen molar-refractivity contribution in [2.45, 2.75) is 6.42 Å². The summed E-state index contributed by atoms with van der Waals surface area (Å²) in [6.45, 7) is 0. The number of ether oxygens (including phenoxy) is 1. The topological polar surface area (TPSA) is 66.0 Å². The predicted molar refractivity (Wildman–Crippen MR) is 61.2 cm³/mol. The Morgan fingerprint density at radius 3 is 3.00 bits per heavy atom. The number of rotatable bonds is 3. The number of nitrogens with two attached hydrogens (primary N) is 1. The molecule has 5 heteroatoms. The molecule has 2 N–H and O–H groups in total. The maximum absolute atomic E-state index is 5.63. The molecule has 0 spiro atoms. The molecule has 0 radical (unpaired) electrons. The molecule has 0 aromatic carbocycles. The van der Waals surface area contributed by atoms with Crippen LogP contribution < -0.4 is 10.5 Å². The average Bonchev–Trinajstić information content (AvgIpc) is 2.60. The third kappa shape index (κ3) is 1.98. The number of nitrogen functional groups attached to an aromatic ring is 1. The molecular weight excluding hydrogens is 204 g/mol. The van der Waals surface area contributed by atoms with E-state index in [1.54, 1.807) is 24.2 Å². The van der Waals surface area contributed by atoms with Crippen LogP contribution in [0, 0.1) is 0 Å². The van der Waals surface area contributed by atoms with Crippen LogP contribution in [0.25, 0.3) is 0 Å². The number of pyridine rings is 1. The predicted octanol–water partition coefficient (Wildman–Crippen LogP) is 0.997. The molecule has 5 nitrogen and oxygen atoms in total. The molecule has 0 saturated carbocycles. The lowest BCUT2D eigenvalue weighted by Crippen LogP contribution is -2.01. The van der Waals surface area contributed by atoms with E-state index in [-0.39, 0.29) is 0 Å². The summed E-state index contributed by atoms with van der Waals surface area (Å²) < 4.78 is 7.04. The van der Waals surface area contributed by atoms with E-state index >= 15 is 0 Å². The van der Waals surface area contributed by atoms with Crippen LogP contribution in [-0.4, -0.2) is 21.9 Å². The fourth-order valence-electron chi connectivity index (χ4n) is 1.61.